The summed E-state index contributed by atoms with van der Waals surface area (Å²) in [5, 5.41) is 0. The van der Waals surface area contributed by atoms with Gasteiger partial charge in [-0.25, -0.2) is 54.5 Å². The van der Waals surface area contributed by atoms with Crippen molar-refractivity contribution < 1.29 is 168 Å². The van der Waals surface area contributed by atoms with Gasteiger partial charge in [0.2, 0.25) is 54.3 Å². The number of hydrogen-bond donors (Lipinski definition) is 0. The van der Waals surface area contributed by atoms with Gasteiger partial charge in [0.15, 0.2) is 12.2 Å². The zero-order valence-electron chi connectivity index (χ0n) is 43.4. The zero-order valence-corrected chi connectivity index (χ0v) is 47.0. The molecule has 1 saturated carbocycles. The first-order chi connectivity index (χ1) is 36.4. The second kappa shape index (κ2) is 35.7. The Bertz CT molecular complexity index is 1990. The highest BCUT2D eigenvalue weighted by Gasteiger charge is 2.64. The number of phosphoric ester groups is 4. The number of ether oxygens (including phenoxy) is 10. The van der Waals surface area contributed by atoms with Gasteiger partial charge in [0.1, 0.15) is 24.4 Å². The molecular formula is C38H60O36P4. The highest BCUT2D eigenvalue weighted by atomic mass is 31.2. The lowest BCUT2D eigenvalue weighted by Crippen LogP contribution is -2.67. The Balaban J connectivity index is 5.01. The molecule has 1 fully saturated rings. The molecule has 1 aliphatic carbocycles. The molecule has 0 aromatic heterocycles. The monoisotopic (exact) mass is 1220 g/mol. The molecule has 0 aromatic rings. The highest BCUT2D eigenvalue weighted by molar-refractivity contribution is 7.49. The molecule has 0 amide bonds. The van der Waals surface area contributed by atoms with Gasteiger partial charge in [-0.3, -0.25) is 66.0 Å². The van der Waals surface area contributed by atoms with Gasteiger partial charge < -0.3 is 47.4 Å². The number of phosphoric acid groups is 4. The normalized spacial score (nSPS) is 18.5. The van der Waals surface area contributed by atoms with Crippen molar-refractivity contribution in [2.75, 3.05) is 54.3 Å². The summed E-state index contributed by atoms with van der Waals surface area (Å²) in [6.45, 7) is -1.59. The second-order valence-electron chi connectivity index (χ2n) is 14.5. The third-order valence-corrected chi connectivity index (χ3v) is 13.6. The number of carbonyl (C=O) groups is 10. The zero-order chi connectivity index (χ0) is 59.3. The van der Waals surface area contributed by atoms with Crippen LogP contribution in [0.2, 0.25) is 0 Å². The van der Waals surface area contributed by atoms with E-state index in [9.17, 15) is 66.2 Å². The van der Waals surface area contributed by atoms with Crippen LogP contribution in [0.15, 0.2) is 0 Å². The Hall–Kier alpha value is -4.86. The Morgan fingerprint density at radius 1 is 0.282 bits per heavy atom. The van der Waals surface area contributed by atoms with E-state index >= 15 is 0 Å². The van der Waals surface area contributed by atoms with Crippen LogP contribution in [0.25, 0.3) is 0 Å². The molecule has 0 radical (unpaired) electrons. The van der Waals surface area contributed by atoms with Crippen molar-refractivity contribution in [3.05, 3.63) is 0 Å². The van der Waals surface area contributed by atoms with Crippen LogP contribution in [-0.4, -0.2) is 151 Å². The fraction of sp³-hybridized carbons (Fsp3) is 0.737. The summed E-state index contributed by atoms with van der Waals surface area (Å²) in [4.78, 5) is 123. The lowest BCUT2D eigenvalue weighted by atomic mass is 9.84. The average Bonchev–Trinajstić information content (AvgIpc) is 3.29. The minimum atomic E-state index is -5.89. The second-order valence-corrected chi connectivity index (χ2v) is 21.0. The first-order valence-corrected chi connectivity index (χ1v) is 28.0. The van der Waals surface area contributed by atoms with E-state index < -0.39 is 195 Å². The van der Waals surface area contributed by atoms with E-state index in [1.807, 2.05) is 0 Å². The van der Waals surface area contributed by atoms with Crippen LogP contribution in [-0.2, 0) is 168 Å². The Labute approximate surface area is 444 Å². The Morgan fingerprint density at radius 3 is 0.577 bits per heavy atom. The molecule has 78 heavy (non-hydrogen) atoms. The lowest BCUT2D eigenvalue weighted by Gasteiger charge is -2.49. The molecule has 0 aromatic carbocycles. The van der Waals surface area contributed by atoms with E-state index in [0.29, 0.717) is 0 Å². The number of hydrogen-bond acceptors (Lipinski definition) is 36. The van der Waals surface area contributed by atoms with Gasteiger partial charge in [-0.15, -0.1) is 0 Å². The summed E-state index contributed by atoms with van der Waals surface area (Å²) in [5.41, 5.74) is 0. The van der Waals surface area contributed by atoms with Crippen molar-refractivity contribution in [3.8, 4) is 0 Å². The van der Waals surface area contributed by atoms with Gasteiger partial charge in [-0.1, -0.05) is 13.8 Å². The minimum absolute atomic E-state index is 0.0483. The quantitative estimate of drug-likeness (QED) is 0.0368. The summed E-state index contributed by atoms with van der Waals surface area (Å²) in [6, 6.07) is 0. The van der Waals surface area contributed by atoms with Crippen molar-refractivity contribution in [1.82, 2.24) is 0 Å². The molecular weight excluding hydrogens is 1160 g/mol. The number of rotatable bonds is 38. The topological polar surface area (TPSA) is 442 Å². The molecule has 6 atom stereocenters. The van der Waals surface area contributed by atoms with Crippen molar-refractivity contribution in [2.24, 2.45) is 0 Å². The minimum Gasteiger partial charge on any atom is -0.455 e. The van der Waals surface area contributed by atoms with Crippen molar-refractivity contribution in [1.29, 1.82) is 0 Å². The van der Waals surface area contributed by atoms with Gasteiger partial charge in [0.05, 0.1) is 0 Å². The van der Waals surface area contributed by atoms with Crippen LogP contribution in [0.1, 0.15) is 94.9 Å². The predicted molar refractivity (Wildman–Crippen MR) is 241 cm³/mol. The van der Waals surface area contributed by atoms with Gasteiger partial charge in [0.25, 0.3) is 0 Å². The summed E-state index contributed by atoms with van der Waals surface area (Å²) in [7, 11) is -23.4. The van der Waals surface area contributed by atoms with Crippen LogP contribution < -0.4 is 0 Å². The highest BCUT2D eigenvalue weighted by Crippen LogP contribution is 2.62. The fourth-order valence-corrected chi connectivity index (χ4v) is 9.47. The van der Waals surface area contributed by atoms with Gasteiger partial charge in [0, 0.05) is 68.2 Å². The van der Waals surface area contributed by atoms with E-state index in [2.05, 4.69) is 0 Å². The van der Waals surface area contributed by atoms with Crippen molar-refractivity contribution >= 4 is 91.0 Å². The molecule has 1 aliphatic rings. The van der Waals surface area contributed by atoms with Crippen LogP contribution >= 0.6 is 31.3 Å². The van der Waals surface area contributed by atoms with Crippen LogP contribution in [0.3, 0.4) is 0 Å². The van der Waals surface area contributed by atoms with Gasteiger partial charge in [-0.2, -0.15) is 0 Å². The molecule has 36 nitrogen and oxygen atoms in total. The summed E-state index contributed by atoms with van der Waals surface area (Å²) in [6.07, 6.45) is -18.4. The third-order valence-electron chi connectivity index (χ3n) is 8.17. The van der Waals surface area contributed by atoms with Crippen LogP contribution in [0, 0.1) is 0 Å². The fourth-order valence-electron chi connectivity index (χ4n) is 5.08. The van der Waals surface area contributed by atoms with E-state index in [0.717, 1.165) is 55.4 Å². The first kappa shape index (κ1) is 71.2. The SMILES string of the molecule is CCCC(=O)O[C@@H]1[C@@H](OC(=O)CCC)[C@H](OP(=O)(OCOC(C)=O)OCOC(C)=O)[C@@H](OP(=O)(OCOC(C)=O)OCOC(C)=O)[C@H](OP(=O)(OCOC(C)=O)OCOC(C)=O)[C@H]1OP(=O)(OCOC(C)=O)OCOC(C)=O. The summed E-state index contributed by atoms with van der Waals surface area (Å²) >= 11 is 0. The van der Waals surface area contributed by atoms with Crippen LogP contribution in [0.4, 0.5) is 0 Å². The van der Waals surface area contributed by atoms with Gasteiger partial charge >= 0.3 is 91.0 Å². The smallest absolute Gasteiger partial charge is 0.455 e. The average molecular weight is 1220 g/mol. The number of esters is 10. The maximum Gasteiger partial charge on any atom is 0.481 e. The Kier molecular flexibility index (Phi) is 32.6. The molecule has 0 heterocycles. The molecule has 0 saturated heterocycles. The molecule has 0 bridgehead atoms. The Morgan fingerprint density at radius 2 is 0.436 bits per heavy atom. The van der Waals surface area contributed by atoms with E-state index in [1.165, 1.54) is 13.8 Å². The van der Waals surface area contributed by atoms with Crippen LogP contribution in [0.5, 0.6) is 0 Å². The lowest BCUT2D eigenvalue weighted by molar-refractivity contribution is -0.237. The molecule has 40 heteroatoms. The third kappa shape index (κ3) is 29.4. The summed E-state index contributed by atoms with van der Waals surface area (Å²) < 4.78 is 173. The predicted octanol–water partition coefficient (Wildman–Crippen LogP) is 3.69. The largest absolute Gasteiger partial charge is 0.481 e. The standard InChI is InChI=1S/C38H60O36P4/c1-11-13-31(47)69-33-34(70-32(48)14-12-2)36(72-76(50,63-17-55-25(5)41)64-18-56-26(6)42)38(74-78(52,67-21-59-29(9)45)68-22-60-30(10)46)37(73-77(51,65-19-57-27(7)43)66-20-58-28(8)44)35(33)71-75(49,61-15-53-23(3)39)62-16-54-24(4)40/h33-38H,11-22H2,1-10H3/t33-,34-,35+,36+,37-,38-/m1/s1. The van der Waals surface area contributed by atoms with Crippen molar-refractivity contribution in [2.45, 2.75) is 132 Å². The molecule has 0 aliphatic heterocycles. The molecule has 0 spiro atoms. The molecule has 1 rings (SSSR count). The molecule has 0 unspecified atom stereocenters. The molecule has 448 valence electrons. The maximum absolute atomic E-state index is 14.9. The molecule has 0 N–H and O–H groups in total. The number of carbonyl (C=O) groups excluding carboxylic acids is 10. The van der Waals surface area contributed by atoms with E-state index in [1.54, 1.807) is 0 Å². The van der Waals surface area contributed by atoms with E-state index in [-0.39, 0.29) is 12.8 Å². The van der Waals surface area contributed by atoms with Crippen molar-refractivity contribution in [3.63, 3.8) is 0 Å². The van der Waals surface area contributed by atoms with E-state index in [4.69, 9.17) is 102 Å². The first-order valence-electron chi connectivity index (χ1n) is 22.2. The maximum atomic E-state index is 14.9. The van der Waals surface area contributed by atoms with Gasteiger partial charge in [-0.05, 0) is 12.8 Å². The summed E-state index contributed by atoms with van der Waals surface area (Å²) in [5.74, 6) is -11.6.